The van der Waals surface area contributed by atoms with E-state index in [9.17, 15) is 14.4 Å². The summed E-state index contributed by atoms with van der Waals surface area (Å²) in [6.45, 7) is 1.44. The molecule has 6 heteroatoms. The van der Waals surface area contributed by atoms with Crippen LogP contribution in [0.3, 0.4) is 0 Å². The van der Waals surface area contributed by atoms with Gasteiger partial charge in [0.1, 0.15) is 0 Å². The first kappa shape index (κ1) is 12.6. The highest BCUT2D eigenvalue weighted by Crippen LogP contribution is 2.23. The summed E-state index contributed by atoms with van der Waals surface area (Å²) >= 11 is 5.75. The van der Waals surface area contributed by atoms with E-state index in [0.29, 0.717) is 10.7 Å². The van der Waals surface area contributed by atoms with Crippen molar-refractivity contribution in [3.05, 3.63) is 29.3 Å². The maximum absolute atomic E-state index is 12.0. The van der Waals surface area contributed by atoms with Gasteiger partial charge in [-0.1, -0.05) is 11.6 Å². The molecular formula is C12H11ClN2O3. The summed E-state index contributed by atoms with van der Waals surface area (Å²) < 4.78 is 0. The van der Waals surface area contributed by atoms with E-state index in [-0.39, 0.29) is 24.8 Å². The Balaban J connectivity index is 2.34. The molecular weight excluding hydrogens is 256 g/mol. The number of rotatable bonds is 1. The average molecular weight is 267 g/mol. The Morgan fingerprint density at radius 1 is 1.22 bits per heavy atom. The van der Waals surface area contributed by atoms with Crippen LogP contribution in [0, 0.1) is 0 Å². The van der Waals surface area contributed by atoms with Crippen LogP contribution >= 0.6 is 11.6 Å². The molecule has 1 saturated heterocycles. The van der Waals surface area contributed by atoms with Crippen molar-refractivity contribution in [1.82, 2.24) is 4.90 Å². The lowest BCUT2D eigenvalue weighted by Gasteiger charge is -2.32. The molecule has 0 bridgehead atoms. The van der Waals surface area contributed by atoms with E-state index in [0.717, 1.165) is 9.80 Å². The number of carbonyl (C=O) groups is 3. The van der Waals surface area contributed by atoms with Gasteiger partial charge in [-0.3, -0.25) is 14.5 Å². The van der Waals surface area contributed by atoms with Crippen LogP contribution in [-0.2, 0) is 9.59 Å². The molecule has 0 aromatic heterocycles. The predicted molar refractivity (Wildman–Crippen MR) is 66.3 cm³/mol. The summed E-state index contributed by atoms with van der Waals surface area (Å²) in [5.41, 5.74) is 0.417. The van der Waals surface area contributed by atoms with Gasteiger partial charge in [-0.25, -0.2) is 9.69 Å². The van der Waals surface area contributed by atoms with Gasteiger partial charge in [0.25, 0.3) is 0 Å². The molecule has 1 fully saturated rings. The van der Waals surface area contributed by atoms with Crippen molar-refractivity contribution in [2.75, 3.05) is 11.4 Å². The lowest BCUT2D eigenvalue weighted by molar-refractivity contribution is -0.128. The second-order valence-electron chi connectivity index (χ2n) is 3.91. The highest BCUT2D eigenvalue weighted by molar-refractivity contribution is 6.30. The summed E-state index contributed by atoms with van der Waals surface area (Å²) in [6.07, 6.45) is 0.133. The minimum absolute atomic E-state index is 0.133. The lowest BCUT2D eigenvalue weighted by atomic mass is 10.2. The Kier molecular flexibility index (Phi) is 3.34. The van der Waals surface area contributed by atoms with Crippen molar-refractivity contribution in [3.63, 3.8) is 0 Å². The Labute approximate surface area is 109 Å². The van der Waals surface area contributed by atoms with E-state index in [4.69, 9.17) is 11.6 Å². The van der Waals surface area contributed by atoms with E-state index in [2.05, 4.69) is 0 Å². The van der Waals surface area contributed by atoms with E-state index in [1.54, 1.807) is 24.3 Å². The molecule has 2 rings (SSSR count). The Hall–Kier alpha value is -1.88. The number of anilines is 1. The van der Waals surface area contributed by atoms with Crippen molar-refractivity contribution in [1.29, 1.82) is 0 Å². The van der Waals surface area contributed by atoms with Crippen molar-refractivity contribution >= 4 is 35.1 Å². The monoisotopic (exact) mass is 266 g/mol. The first-order chi connectivity index (χ1) is 8.50. The Morgan fingerprint density at radius 2 is 1.83 bits per heavy atom. The van der Waals surface area contributed by atoms with Crippen LogP contribution in [0.15, 0.2) is 24.3 Å². The number of imide groups is 2. The minimum Gasteiger partial charge on any atom is -0.275 e. The maximum Gasteiger partial charge on any atom is 0.338 e. The fourth-order valence-corrected chi connectivity index (χ4v) is 1.90. The van der Waals surface area contributed by atoms with Gasteiger partial charge < -0.3 is 0 Å². The highest BCUT2D eigenvalue weighted by Gasteiger charge is 2.34. The highest BCUT2D eigenvalue weighted by atomic mass is 35.5. The van der Waals surface area contributed by atoms with Crippen LogP contribution < -0.4 is 4.90 Å². The quantitative estimate of drug-likeness (QED) is 0.782. The van der Waals surface area contributed by atoms with Crippen LogP contribution in [0.4, 0.5) is 10.5 Å². The van der Waals surface area contributed by atoms with E-state index in [1.807, 2.05) is 0 Å². The molecule has 18 heavy (non-hydrogen) atoms. The summed E-state index contributed by atoms with van der Waals surface area (Å²) in [4.78, 5) is 37.2. The third-order valence-electron chi connectivity index (χ3n) is 2.69. The predicted octanol–water partition coefficient (Wildman–Crippen LogP) is 2.05. The zero-order valence-corrected chi connectivity index (χ0v) is 10.5. The number of nitrogens with zero attached hydrogens (tertiary/aromatic N) is 2. The van der Waals surface area contributed by atoms with Gasteiger partial charge in [0, 0.05) is 24.9 Å². The summed E-state index contributed by atoms with van der Waals surface area (Å²) in [5, 5.41) is 0.513. The molecule has 0 aliphatic carbocycles. The molecule has 0 spiro atoms. The van der Waals surface area contributed by atoms with Crippen LogP contribution in [0.2, 0.25) is 5.02 Å². The second-order valence-corrected chi connectivity index (χ2v) is 4.35. The van der Waals surface area contributed by atoms with Gasteiger partial charge in [-0.2, -0.15) is 0 Å². The molecule has 0 saturated carbocycles. The molecule has 4 amide bonds. The summed E-state index contributed by atoms with van der Waals surface area (Å²) in [6, 6.07) is 5.71. The molecule has 94 valence electrons. The van der Waals surface area contributed by atoms with Gasteiger partial charge in [0.05, 0.1) is 5.69 Å². The third-order valence-corrected chi connectivity index (χ3v) is 2.94. The number of hydrogen-bond donors (Lipinski definition) is 0. The first-order valence-corrected chi connectivity index (χ1v) is 5.79. The zero-order valence-electron chi connectivity index (χ0n) is 9.72. The molecule has 0 radical (unpaired) electrons. The van der Waals surface area contributed by atoms with Gasteiger partial charge in [0.15, 0.2) is 0 Å². The lowest BCUT2D eigenvalue weighted by Crippen LogP contribution is -2.54. The van der Waals surface area contributed by atoms with E-state index in [1.165, 1.54) is 6.92 Å². The third kappa shape index (κ3) is 2.22. The second kappa shape index (κ2) is 4.78. The van der Waals surface area contributed by atoms with Crippen molar-refractivity contribution in [2.24, 2.45) is 0 Å². The van der Waals surface area contributed by atoms with Crippen LogP contribution in [0.5, 0.6) is 0 Å². The maximum atomic E-state index is 12.0. The Morgan fingerprint density at radius 3 is 2.39 bits per heavy atom. The largest absolute Gasteiger partial charge is 0.338 e. The standard InChI is InChI=1S/C12H11ClN2O3/c1-8(16)14-7-6-11(17)15(12(14)18)10-4-2-9(13)3-5-10/h2-5H,6-7H2,1H3. The number of urea groups is 1. The molecule has 0 atom stereocenters. The topological polar surface area (TPSA) is 57.7 Å². The number of amides is 4. The molecule has 1 aliphatic rings. The van der Waals surface area contributed by atoms with Gasteiger partial charge in [-0.05, 0) is 24.3 Å². The minimum atomic E-state index is -0.610. The van der Waals surface area contributed by atoms with Crippen molar-refractivity contribution < 1.29 is 14.4 Å². The first-order valence-electron chi connectivity index (χ1n) is 5.41. The van der Waals surface area contributed by atoms with Gasteiger partial charge in [0.2, 0.25) is 11.8 Å². The molecule has 5 nitrogen and oxygen atoms in total. The number of carbonyl (C=O) groups excluding carboxylic acids is 3. The molecule has 1 aliphatic heterocycles. The SMILES string of the molecule is CC(=O)N1CCC(=O)N(c2ccc(Cl)cc2)C1=O. The van der Waals surface area contributed by atoms with Crippen LogP contribution in [0.1, 0.15) is 13.3 Å². The van der Waals surface area contributed by atoms with Gasteiger partial charge in [-0.15, -0.1) is 0 Å². The summed E-state index contributed by atoms with van der Waals surface area (Å²) in [5.74, 6) is -0.689. The normalized spacial score (nSPS) is 16.1. The Bertz CT molecular complexity index is 513. The molecule has 0 unspecified atom stereocenters. The summed E-state index contributed by atoms with van der Waals surface area (Å²) in [7, 11) is 0. The smallest absolute Gasteiger partial charge is 0.275 e. The molecule has 1 aromatic carbocycles. The number of halogens is 1. The average Bonchev–Trinajstić information content (AvgIpc) is 2.31. The molecule has 0 N–H and O–H groups in total. The fourth-order valence-electron chi connectivity index (χ4n) is 1.78. The fraction of sp³-hybridized carbons (Fsp3) is 0.250. The van der Waals surface area contributed by atoms with Gasteiger partial charge >= 0.3 is 6.03 Å². The zero-order chi connectivity index (χ0) is 13.3. The van der Waals surface area contributed by atoms with Crippen molar-refractivity contribution in [2.45, 2.75) is 13.3 Å². The number of benzene rings is 1. The van der Waals surface area contributed by atoms with E-state index >= 15 is 0 Å². The van der Waals surface area contributed by atoms with Crippen LogP contribution in [-0.4, -0.2) is 29.3 Å². The van der Waals surface area contributed by atoms with E-state index < -0.39 is 6.03 Å². The molecule has 1 aromatic rings. The van der Waals surface area contributed by atoms with Crippen molar-refractivity contribution in [3.8, 4) is 0 Å². The van der Waals surface area contributed by atoms with Crippen LogP contribution in [0.25, 0.3) is 0 Å². The molecule has 1 heterocycles. The number of hydrogen-bond acceptors (Lipinski definition) is 3.